The molecule has 0 aromatic heterocycles. The Hall–Kier alpha value is -1.23. The maximum absolute atomic E-state index is 13.0. The molecule has 0 radical (unpaired) electrons. The van der Waals surface area contributed by atoms with Crippen LogP contribution >= 0.6 is 45.2 Å². The first kappa shape index (κ1) is 16.1. The van der Waals surface area contributed by atoms with E-state index in [1.165, 1.54) is 24.4 Å². The molecule has 0 aliphatic carbocycles. The third kappa shape index (κ3) is 4.37. The Labute approximate surface area is 147 Å². The summed E-state index contributed by atoms with van der Waals surface area (Å²) in [5.41, 5.74) is 3.26. The first-order valence-corrected chi connectivity index (χ1v) is 7.90. The van der Waals surface area contributed by atoms with Gasteiger partial charge in [-0.2, -0.15) is 5.10 Å². The van der Waals surface area contributed by atoms with E-state index in [1.54, 1.807) is 12.1 Å². The van der Waals surface area contributed by atoms with Crippen molar-refractivity contribution in [3.05, 3.63) is 60.5 Å². The molecule has 7 heteroatoms. The number of phenols is 1. The molecule has 0 saturated heterocycles. The number of hydrogen-bond donors (Lipinski definition) is 2. The number of nitrogens with zero attached hydrogens (tertiary/aromatic N) is 1. The number of nitrogens with one attached hydrogen (secondary N) is 1. The van der Waals surface area contributed by atoms with E-state index in [9.17, 15) is 14.3 Å². The Morgan fingerprint density at radius 3 is 2.52 bits per heavy atom. The van der Waals surface area contributed by atoms with Gasteiger partial charge in [0.1, 0.15) is 11.6 Å². The van der Waals surface area contributed by atoms with E-state index in [-0.39, 0.29) is 11.3 Å². The molecule has 0 aliphatic heterocycles. The maximum atomic E-state index is 13.0. The van der Waals surface area contributed by atoms with E-state index in [2.05, 4.69) is 10.5 Å². The average molecular weight is 510 g/mol. The standard InChI is InChI=1S/C14H9FI2N2O2/c15-10-3-1-2-9(6-10)14(21)19-18-7-8-4-11(16)13(20)12(17)5-8/h1-7,20H,(H,19,21)/b18-7+. The minimum Gasteiger partial charge on any atom is -0.506 e. The van der Waals surface area contributed by atoms with E-state index in [0.29, 0.717) is 7.14 Å². The van der Waals surface area contributed by atoms with Crippen LogP contribution in [0.1, 0.15) is 15.9 Å². The zero-order valence-electron chi connectivity index (χ0n) is 10.5. The Bertz CT molecular complexity index is 697. The van der Waals surface area contributed by atoms with Crippen molar-refractivity contribution in [3.63, 3.8) is 0 Å². The fourth-order valence-electron chi connectivity index (χ4n) is 1.52. The van der Waals surface area contributed by atoms with Gasteiger partial charge in [0.2, 0.25) is 0 Å². The van der Waals surface area contributed by atoms with Crippen LogP contribution in [0, 0.1) is 13.0 Å². The van der Waals surface area contributed by atoms with Gasteiger partial charge in [-0.1, -0.05) is 6.07 Å². The lowest BCUT2D eigenvalue weighted by atomic mass is 10.2. The highest BCUT2D eigenvalue weighted by Gasteiger charge is 2.06. The third-order valence-electron chi connectivity index (χ3n) is 2.51. The van der Waals surface area contributed by atoms with Crippen LogP contribution in [0.4, 0.5) is 4.39 Å². The molecule has 108 valence electrons. The molecule has 1 amide bonds. The number of aromatic hydroxyl groups is 1. The van der Waals surface area contributed by atoms with Gasteiger partial charge in [0.05, 0.1) is 13.4 Å². The second kappa shape index (κ2) is 7.16. The van der Waals surface area contributed by atoms with Crippen LogP contribution in [0.2, 0.25) is 0 Å². The zero-order chi connectivity index (χ0) is 15.4. The summed E-state index contributed by atoms with van der Waals surface area (Å²) in [6, 6.07) is 8.82. The number of benzene rings is 2. The predicted molar refractivity (Wildman–Crippen MR) is 95.0 cm³/mol. The summed E-state index contributed by atoms with van der Waals surface area (Å²) in [7, 11) is 0. The van der Waals surface area contributed by atoms with Crippen molar-refractivity contribution in [3.8, 4) is 5.75 Å². The number of hydrogen-bond acceptors (Lipinski definition) is 3. The lowest BCUT2D eigenvalue weighted by Gasteiger charge is -2.02. The molecule has 2 aromatic carbocycles. The molecule has 0 bridgehead atoms. The van der Waals surface area contributed by atoms with Crippen molar-refractivity contribution in [2.75, 3.05) is 0 Å². The van der Waals surface area contributed by atoms with Gasteiger partial charge in [-0.05, 0) is 81.1 Å². The first-order chi connectivity index (χ1) is 9.97. The van der Waals surface area contributed by atoms with Gasteiger partial charge in [0.25, 0.3) is 5.91 Å². The summed E-state index contributed by atoms with van der Waals surface area (Å²) in [6.07, 6.45) is 1.46. The molecule has 0 spiro atoms. The summed E-state index contributed by atoms with van der Waals surface area (Å²) in [5, 5.41) is 13.5. The van der Waals surface area contributed by atoms with E-state index in [4.69, 9.17) is 0 Å². The molecule has 4 nitrogen and oxygen atoms in total. The normalized spacial score (nSPS) is 10.8. The van der Waals surface area contributed by atoms with Crippen LogP contribution in [0.25, 0.3) is 0 Å². The van der Waals surface area contributed by atoms with Crippen LogP contribution in [-0.4, -0.2) is 17.2 Å². The van der Waals surface area contributed by atoms with Gasteiger partial charge in [-0.25, -0.2) is 9.82 Å². The molecule has 0 atom stereocenters. The van der Waals surface area contributed by atoms with Crippen LogP contribution in [0.3, 0.4) is 0 Å². The van der Waals surface area contributed by atoms with Crippen molar-refractivity contribution in [2.24, 2.45) is 5.10 Å². The number of halogens is 3. The quantitative estimate of drug-likeness (QED) is 0.378. The lowest BCUT2D eigenvalue weighted by Crippen LogP contribution is -2.17. The third-order valence-corrected chi connectivity index (χ3v) is 4.15. The summed E-state index contributed by atoms with van der Waals surface area (Å²) >= 11 is 4.02. The number of phenolic OH excluding ortho intramolecular Hbond substituents is 1. The van der Waals surface area contributed by atoms with Crippen LogP contribution in [0.15, 0.2) is 41.5 Å². The van der Waals surface area contributed by atoms with Crippen molar-refractivity contribution in [2.45, 2.75) is 0 Å². The SMILES string of the molecule is O=C(N/N=C/c1cc(I)c(O)c(I)c1)c1cccc(F)c1. The molecule has 0 unspecified atom stereocenters. The van der Waals surface area contributed by atoms with Gasteiger partial charge in [-0.15, -0.1) is 0 Å². The summed E-state index contributed by atoms with van der Waals surface area (Å²) in [6.45, 7) is 0. The number of amides is 1. The average Bonchev–Trinajstić information content (AvgIpc) is 2.44. The second-order valence-corrected chi connectivity index (χ2v) is 6.37. The van der Waals surface area contributed by atoms with Crippen molar-refractivity contribution < 1.29 is 14.3 Å². The molecule has 2 aromatic rings. The van der Waals surface area contributed by atoms with E-state index < -0.39 is 11.7 Å². The fraction of sp³-hybridized carbons (Fsp3) is 0. The van der Waals surface area contributed by atoms with Gasteiger partial charge in [-0.3, -0.25) is 4.79 Å². The summed E-state index contributed by atoms with van der Waals surface area (Å²) < 4.78 is 14.4. The first-order valence-electron chi connectivity index (χ1n) is 5.74. The van der Waals surface area contributed by atoms with Crippen LogP contribution in [-0.2, 0) is 0 Å². The molecular weight excluding hydrogens is 501 g/mol. The Morgan fingerprint density at radius 2 is 1.90 bits per heavy atom. The summed E-state index contributed by atoms with van der Waals surface area (Å²) in [4.78, 5) is 11.7. The van der Waals surface area contributed by atoms with Gasteiger partial charge in [0, 0.05) is 5.56 Å². The molecule has 0 aliphatic rings. The smallest absolute Gasteiger partial charge is 0.271 e. The lowest BCUT2D eigenvalue weighted by molar-refractivity contribution is 0.0954. The highest BCUT2D eigenvalue weighted by atomic mass is 127. The van der Waals surface area contributed by atoms with Gasteiger partial charge < -0.3 is 5.11 Å². The molecular formula is C14H9FI2N2O2. The molecule has 2 rings (SSSR count). The van der Waals surface area contributed by atoms with Gasteiger partial charge >= 0.3 is 0 Å². The fourth-order valence-corrected chi connectivity index (χ4v) is 3.34. The van der Waals surface area contributed by atoms with E-state index in [1.807, 2.05) is 45.2 Å². The van der Waals surface area contributed by atoms with Crippen LogP contribution < -0.4 is 5.43 Å². The highest BCUT2D eigenvalue weighted by molar-refractivity contribution is 14.1. The number of carbonyl (C=O) groups is 1. The predicted octanol–water partition coefficient (Wildman–Crippen LogP) is 3.50. The largest absolute Gasteiger partial charge is 0.506 e. The Balaban J connectivity index is 2.07. The second-order valence-electron chi connectivity index (χ2n) is 4.04. The Morgan fingerprint density at radius 1 is 1.24 bits per heavy atom. The minimum absolute atomic E-state index is 0.196. The highest BCUT2D eigenvalue weighted by Crippen LogP contribution is 2.26. The Kier molecular flexibility index (Phi) is 5.51. The molecule has 21 heavy (non-hydrogen) atoms. The molecule has 2 N–H and O–H groups in total. The minimum atomic E-state index is -0.492. The molecule has 0 fully saturated rings. The zero-order valence-corrected chi connectivity index (χ0v) is 14.8. The van der Waals surface area contributed by atoms with Crippen molar-refractivity contribution in [1.82, 2.24) is 5.43 Å². The number of hydrazone groups is 1. The van der Waals surface area contributed by atoms with Crippen LogP contribution in [0.5, 0.6) is 5.75 Å². The number of rotatable bonds is 3. The van der Waals surface area contributed by atoms with E-state index in [0.717, 1.165) is 11.6 Å². The maximum Gasteiger partial charge on any atom is 0.271 e. The molecule has 0 saturated carbocycles. The van der Waals surface area contributed by atoms with Gasteiger partial charge in [0.15, 0.2) is 0 Å². The van der Waals surface area contributed by atoms with Crippen molar-refractivity contribution in [1.29, 1.82) is 0 Å². The molecule has 0 heterocycles. The topological polar surface area (TPSA) is 61.7 Å². The summed E-state index contributed by atoms with van der Waals surface area (Å²) in [5.74, 6) is -0.750. The number of carbonyl (C=O) groups excluding carboxylic acids is 1. The van der Waals surface area contributed by atoms with E-state index >= 15 is 0 Å². The van der Waals surface area contributed by atoms with Crippen molar-refractivity contribution >= 4 is 57.3 Å². The monoisotopic (exact) mass is 510 g/mol.